The first-order chi connectivity index (χ1) is 17.6. The highest BCUT2D eigenvalue weighted by Gasteiger charge is 2.41. The van der Waals surface area contributed by atoms with Crippen molar-refractivity contribution in [2.75, 3.05) is 34.1 Å². The summed E-state index contributed by atoms with van der Waals surface area (Å²) in [6.07, 6.45) is 0. The maximum absolute atomic E-state index is 13.5. The number of rotatable bonds is 7. The monoisotopic (exact) mass is 488 g/mol. The summed E-state index contributed by atoms with van der Waals surface area (Å²) in [5, 5.41) is 3.05. The van der Waals surface area contributed by atoms with Gasteiger partial charge in [-0.3, -0.25) is 9.59 Å². The van der Waals surface area contributed by atoms with Gasteiger partial charge in [0, 0.05) is 42.7 Å². The number of hydrogen-bond acceptors (Lipinski definition) is 6. The second-order valence-corrected chi connectivity index (χ2v) is 8.80. The van der Waals surface area contributed by atoms with Crippen LogP contribution in [0.25, 0.3) is 0 Å². The van der Waals surface area contributed by atoms with E-state index in [1.807, 2.05) is 48.5 Å². The SMILES string of the molecule is COc1ccc(C2CN(C(=O)c3ccccc3)CC2C(=O)NCc2ccc3c(c2)OCO3)c(OC)c1. The van der Waals surface area contributed by atoms with Crippen molar-refractivity contribution in [2.24, 2.45) is 5.92 Å². The van der Waals surface area contributed by atoms with Gasteiger partial charge < -0.3 is 29.2 Å². The van der Waals surface area contributed by atoms with Crippen LogP contribution in [-0.4, -0.2) is 50.8 Å². The van der Waals surface area contributed by atoms with E-state index in [4.69, 9.17) is 18.9 Å². The number of nitrogens with zero attached hydrogens (tertiary/aromatic N) is 1. The number of ether oxygens (including phenoxy) is 4. The summed E-state index contributed by atoms with van der Waals surface area (Å²) >= 11 is 0. The molecule has 36 heavy (non-hydrogen) atoms. The van der Waals surface area contributed by atoms with Crippen LogP contribution in [0.1, 0.15) is 27.4 Å². The summed E-state index contributed by atoms with van der Waals surface area (Å²) in [6.45, 7) is 1.24. The largest absolute Gasteiger partial charge is 0.497 e. The molecule has 2 unspecified atom stereocenters. The van der Waals surface area contributed by atoms with Crippen LogP contribution in [0.3, 0.4) is 0 Å². The van der Waals surface area contributed by atoms with E-state index in [1.165, 1.54) is 0 Å². The molecule has 186 valence electrons. The number of carbonyl (C=O) groups excluding carboxylic acids is 2. The molecule has 0 bridgehead atoms. The standard InChI is InChI=1S/C28H28N2O6/c1-33-20-9-10-21(25(13-20)34-2)22-15-30(28(32)19-6-4-3-5-7-19)16-23(22)27(31)29-14-18-8-11-24-26(12-18)36-17-35-24/h3-13,22-23H,14-17H2,1-2H3,(H,29,31). The molecule has 5 rings (SSSR count). The number of carbonyl (C=O) groups is 2. The van der Waals surface area contributed by atoms with Gasteiger partial charge in [0.25, 0.3) is 5.91 Å². The second-order valence-electron chi connectivity index (χ2n) is 8.80. The molecular weight excluding hydrogens is 460 g/mol. The minimum Gasteiger partial charge on any atom is -0.497 e. The zero-order chi connectivity index (χ0) is 25.1. The van der Waals surface area contributed by atoms with Crippen molar-refractivity contribution in [1.82, 2.24) is 10.2 Å². The number of hydrogen-bond donors (Lipinski definition) is 1. The molecule has 1 N–H and O–H groups in total. The molecule has 2 aliphatic rings. The Labute approximate surface area is 209 Å². The van der Waals surface area contributed by atoms with Crippen LogP contribution in [0.2, 0.25) is 0 Å². The molecule has 2 aliphatic heterocycles. The number of fused-ring (bicyclic) bond motifs is 1. The Bertz CT molecular complexity index is 1260. The molecular formula is C28H28N2O6. The van der Waals surface area contributed by atoms with Crippen LogP contribution in [0.15, 0.2) is 66.7 Å². The predicted octanol–water partition coefficient (Wildman–Crippen LogP) is 3.60. The van der Waals surface area contributed by atoms with Gasteiger partial charge in [-0.25, -0.2) is 0 Å². The zero-order valence-corrected chi connectivity index (χ0v) is 20.2. The van der Waals surface area contributed by atoms with E-state index in [-0.39, 0.29) is 24.5 Å². The van der Waals surface area contributed by atoms with Crippen molar-refractivity contribution in [3.8, 4) is 23.0 Å². The summed E-state index contributed by atoms with van der Waals surface area (Å²) in [5.41, 5.74) is 2.37. The minimum absolute atomic E-state index is 0.0980. The fraction of sp³-hybridized carbons (Fsp3) is 0.286. The molecule has 2 amide bonds. The lowest BCUT2D eigenvalue weighted by Gasteiger charge is -2.21. The van der Waals surface area contributed by atoms with E-state index in [0.717, 1.165) is 11.1 Å². The zero-order valence-electron chi connectivity index (χ0n) is 20.2. The molecule has 0 aliphatic carbocycles. The van der Waals surface area contributed by atoms with Gasteiger partial charge in [0.15, 0.2) is 11.5 Å². The Balaban J connectivity index is 1.39. The summed E-state index contributed by atoms with van der Waals surface area (Å²) in [5.74, 6) is 1.74. The fourth-order valence-electron chi connectivity index (χ4n) is 4.81. The summed E-state index contributed by atoms with van der Waals surface area (Å²) in [6, 6.07) is 20.3. The number of likely N-dealkylation sites (tertiary alicyclic amines) is 1. The van der Waals surface area contributed by atoms with Crippen LogP contribution >= 0.6 is 0 Å². The molecule has 8 nitrogen and oxygen atoms in total. The summed E-state index contributed by atoms with van der Waals surface area (Å²) in [7, 11) is 3.19. The van der Waals surface area contributed by atoms with Gasteiger partial charge in [-0.1, -0.05) is 30.3 Å². The van der Waals surface area contributed by atoms with Crippen LogP contribution in [0.5, 0.6) is 23.0 Å². The Kier molecular flexibility index (Phi) is 6.66. The van der Waals surface area contributed by atoms with E-state index in [1.54, 1.807) is 37.3 Å². The molecule has 0 spiro atoms. The molecule has 8 heteroatoms. The Morgan fingerprint density at radius 2 is 1.75 bits per heavy atom. The van der Waals surface area contributed by atoms with E-state index < -0.39 is 5.92 Å². The number of nitrogens with one attached hydrogen (secondary N) is 1. The molecule has 2 atom stereocenters. The summed E-state index contributed by atoms with van der Waals surface area (Å²) < 4.78 is 21.8. The van der Waals surface area contributed by atoms with Crippen molar-refractivity contribution >= 4 is 11.8 Å². The summed E-state index contributed by atoms with van der Waals surface area (Å²) in [4.78, 5) is 28.5. The van der Waals surface area contributed by atoms with Crippen LogP contribution < -0.4 is 24.3 Å². The highest BCUT2D eigenvalue weighted by molar-refractivity contribution is 5.95. The minimum atomic E-state index is -0.450. The number of benzene rings is 3. The van der Waals surface area contributed by atoms with Gasteiger partial charge in [0.1, 0.15) is 11.5 Å². The quantitative estimate of drug-likeness (QED) is 0.547. The first-order valence-electron chi connectivity index (χ1n) is 11.8. The fourth-order valence-corrected chi connectivity index (χ4v) is 4.81. The first kappa shape index (κ1) is 23.5. The van der Waals surface area contributed by atoms with Crippen LogP contribution in [0.4, 0.5) is 0 Å². The van der Waals surface area contributed by atoms with E-state index in [0.29, 0.717) is 48.2 Å². The lowest BCUT2D eigenvalue weighted by atomic mass is 9.87. The molecule has 3 aromatic rings. The Morgan fingerprint density at radius 1 is 0.944 bits per heavy atom. The normalized spacial score (nSPS) is 18.1. The third-order valence-electron chi connectivity index (χ3n) is 6.71. The maximum Gasteiger partial charge on any atom is 0.253 e. The number of methoxy groups -OCH3 is 2. The van der Waals surface area contributed by atoms with Crippen molar-refractivity contribution in [3.63, 3.8) is 0 Å². The third-order valence-corrected chi connectivity index (χ3v) is 6.71. The van der Waals surface area contributed by atoms with Crippen LogP contribution in [-0.2, 0) is 11.3 Å². The lowest BCUT2D eigenvalue weighted by Crippen LogP contribution is -2.35. The van der Waals surface area contributed by atoms with Crippen molar-refractivity contribution in [2.45, 2.75) is 12.5 Å². The molecule has 0 saturated carbocycles. The van der Waals surface area contributed by atoms with E-state index >= 15 is 0 Å². The highest BCUT2D eigenvalue weighted by Crippen LogP contribution is 2.40. The van der Waals surface area contributed by atoms with Gasteiger partial charge >= 0.3 is 0 Å². The third kappa shape index (κ3) is 4.66. The lowest BCUT2D eigenvalue weighted by molar-refractivity contribution is -0.125. The van der Waals surface area contributed by atoms with Gasteiger partial charge in [-0.05, 0) is 35.9 Å². The van der Waals surface area contributed by atoms with Crippen molar-refractivity contribution < 1.29 is 28.5 Å². The average molecular weight is 489 g/mol. The smallest absolute Gasteiger partial charge is 0.253 e. The second kappa shape index (κ2) is 10.2. The van der Waals surface area contributed by atoms with Crippen LogP contribution in [0, 0.1) is 5.92 Å². The topological polar surface area (TPSA) is 86.3 Å². The molecule has 0 aromatic heterocycles. The molecule has 3 aromatic carbocycles. The predicted molar refractivity (Wildman–Crippen MR) is 133 cm³/mol. The van der Waals surface area contributed by atoms with Gasteiger partial charge in [-0.2, -0.15) is 0 Å². The van der Waals surface area contributed by atoms with Gasteiger partial charge in [0.05, 0.1) is 20.1 Å². The molecule has 1 fully saturated rings. The van der Waals surface area contributed by atoms with E-state index in [9.17, 15) is 9.59 Å². The molecule has 1 saturated heterocycles. The van der Waals surface area contributed by atoms with Gasteiger partial charge in [-0.15, -0.1) is 0 Å². The van der Waals surface area contributed by atoms with Crippen molar-refractivity contribution in [3.05, 3.63) is 83.4 Å². The van der Waals surface area contributed by atoms with Gasteiger partial charge in [0.2, 0.25) is 12.7 Å². The highest BCUT2D eigenvalue weighted by atomic mass is 16.7. The first-order valence-corrected chi connectivity index (χ1v) is 11.8. The van der Waals surface area contributed by atoms with Crippen molar-refractivity contribution in [1.29, 1.82) is 0 Å². The Hall–Kier alpha value is -4.20. The Morgan fingerprint density at radius 3 is 2.53 bits per heavy atom. The maximum atomic E-state index is 13.5. The number of amides is 2. The molecule has 2 heterocycles. The average Bonchev–Trinajstić information content (AvgIpc) is 3.58. The molecule has 0 radical (unpaired) electrons. The van der Waals surface area contributed by atoms with E-state index in [2.05, 4.69) is 5.32 Å².